The fourth-order valence-corrected chi connectivity index (χ4v) is 2.85. The molecule has 0 radical (unpaired) electrons. The number of tetrazole rings is 1. The van der Waals surface area contributed by atoms with Gasteiger partial charge in [0.05, 0.1) is 0 Å². The molecule has 0 aliphatic rings. The summed E-state index contributed by atoms with van der Waals surface area (Å²) in [5, 5.41) is 14.1. The zero-order chi connectivity index (χ0) is 17.5. The average molecular weight is 334 g/mol. The van der Waals surface area contributed by atoms with Gasteiger partial charge in [0.2, 0.25) is 0 Å². The summed E-state index contributed by atoms with van der Waals surface area (Å²) in [7, 11) is 0. The lowest BCUT2D eigenvalue weighted by Gasteiger charge is -2.08. The number of aromatic amines is 1. The number of hydrogen-bond acceptors (Lipinski definition) is 4. The van der Waals surface area contributed by atoms with Crippen molar-refractivity contribution < 1.29 is 4.79 Å². The van der Waals surface area contributed by atoms with Crippen LogP contribution in [0.25, 0.3) is 22.5 Å². The smallest absolute Gasteiger partial charge is 0.180 e. The molecule has 0 amide bonds. The number of unbranched alkanes of at least 4 members (excludes halogenated alkanes) is 1. The van der Waals surface area contributed by atoms with Gasteiger partial charge in [-0.25, -0.2) is 5.10 Å². The topological polar surface area (TPSA) is 71.5 Å². The van der Waals surface area contributed by atoms with Gasteiger partial charge >= 0.3 is 0 Å². The number of Topliss-reactive ketones (excluding diaryl/α,β-unsaturated/α-hetero) is 1. The number of ketones is 1. The number of aromatic nitrogens is 4. The van der Waals surface area contributed by atoms with Crippen LogP contribution in [0, 0.1) is 0 Å². The van der Waals surface area contributed by atoms with Crippen LogP contribution in [0.5, 0.6) is 0 Å². The fourth-order valence-electron chi connectivity index (χ4n) is 2.85. The van der Waals surface area contributed by atoms with E-state index >= 15 is 0 Å². The second-order valence-corrected chi connectivity index (χ2v) is 6.13. The predicted octanol–water partition coefficient (Wildman–Crippen LogP) is 4.23. The zero-order valence-corrected chi connectivity index (χ0v) is 14.4. The van der Waals surface area contributed by atoms with E-state index in [1.165, 1.54) is 5.56 Å². The van der Waals surface area contributed by atoms with Crippen LogP contribution in [-0.2, 0) is 11.2 Å². The Labute approximate surface area is 147 Å². The lowest BCUT2D eigenvalue weighted by Crippen LogP contribution is -1.99. The minimum absolute atomic E-state index is 0.356. The first-order valence-electron chi connectivity index (χ1n) is 8.72. The van der Waals surface area contributed by atoms with Gasteiger partial charge in [-0.2, -0.15) is 0 Å². The molecule has 2 aromatic carbocycles. The van der Waals surface area contributed by atoms with E-state index in [9.17, 15) is 4.79 Å². The molecule has 128 valence electrons. The molecule has 1 heterocycles. The van der Waals surface area contributed by atoms with Crippen LogP contribution >= 0.6 is 0 Å². The molecule has 0 unspecified atom stereocenters. The van der Waals surface area contributed by atoms with Gasteiger partial charge in [-0.3, -0.25) is 4.79 Å². The molecular weight excluding hydrogens is 312 g/mol. The third-order valence-electron chi connectivity index (χ3n) is 4.29. The van der Waals surface area contributed by atoms with Crippen molar-refractivity contribution >= 4 is 5.78 Å². The Morgan fingerprint density at radius 3 is 2.44 bits per heavy atom. The number of hydrogen-bond donors (Lipinski definition) is 1. The van der Waals surface area contributed by atoms with E-state index in [0.29, 0.717) is 24.4 Å². The van der Waals surface area contributed by atoms with Crippen LogP contribution in [0.15, 0.2) is 48.5 Å². The largest absolute Gasteiger partial charge is 0.300 e. The van der Waals surface area contributed by atoms with Crippen molar-refractivity contribution in [3.05, 3.63) is 54.1 Å². The molecule has 0 atom stereocenters. The Kier molecular flexibility index (Phi) is 5.67. The fraction of sp³-hybridized carbons (Fsp3) is 0.300. The van der Waals surface area contributed by atoms with Crippen molar-refractivity contribution in [1.82, 2.24) is 20.6 Å². The number of carbonyl (C=O) groups is 1. The van der Waals surface area contributed by atoms with Crippen LogP contribution in [-0.4, -0.2) is 26.4 Å². The second-order valence-electron chi connectivity index (χ2n) is 6.13. The Morgan fingerprint density at radius 1 is 1.00 bits per heavy atom. The highest BCUT2D eigenvalue weighted by molar-refractivity contribution is 5.80. The maximum absolute atomic E-state index is 11.8. The van der Waals surface area contributed by atoms with E-state index in [-0.39, 0.29) is 0 Å². The number of H-pyrrole nitrogens is 1. The van der Waals surface area contributed by atoms with Crippen molar-refractivity contribution in [3.63, 3.8) is 0 Å². The summed E-state index contributed by atoms with van der Waals surface area (Å²) in [5.41, 5.74) is 4.34. The Morgan fingerprint density at radius 2 is 1.76 bits per heavy atom. The highest BCUT2D eigenvalue weighted by Crippen LogP contribution is 2.29. The molecule has 25 heavy (non-hydrogen) atoms. The van der Waals surface area contributed by atoms with Crippen molar-refractivity contribution in [1.29, 1.82) is 0 Å². The van der Waals surface area contributed by atoms with Crippen molar-refractivity contribution in [2.24, 2.45) is 0 Å². The van der Waals surface area contributed by atoms with Crippen LogP contribution in [0.2, 0.25) is 0 Å². The first kappa shape index (κ1) is 17.0. The molecule has 0 saturated heterocycles. The third-order valence-corrected chi connectivity index (χ3v) is 4.29. The summed E-state index contributed by atoms with van der Waals surface area (Å²) in [5.74, 6) is 1.01. The lowest BCUT2D eigenvalue weighted by atomic mass is 9.97. The monoisotopic (exact) mass is 334 g/mol. The van der Waals surface area contributed by atoms with Crippen LogP contribution in [0.3, 0.4) is 0 Å². The maximum atomic E-state index is 11.8. The molecule has 0 saturated carbocycles. The highest BCUT2D eigenvalue weighted by Gasteiger charge is 2.10. The second kappa shape index (κ2) is 8.33. The molecular formula is C20H22N4O. The number of carbonyl (C=O) groups excluding carboxylic acids is 1. The normalized spacial score (nSPS) is 10.8. The summed E-state index contributed by atoms with van der Waals surface area (Å²) in [6.07, 6.45) is 4.19. The summed E-state index contributed by atoms with van der Waals surface area (Å²) < 4.78 is 0. The van der Waals surface area contributed by atoms with E-state index < -0.39 is 0 Å². The lowest BCUT2D eigenvalue weighted by molar-refractivity contribution is -0.119. The SMILES string of the molecule is CCCCC(=O)CCc1ccc(-c2ccccc2-c2nnn[nH]2)cc1. The first-order chi connectivity index (χ1) is 12.3. The van der Waals surface area contributed by atoms with E-state index in [1.807, 2.05) is 18.2 Å². The standard InChI is InChI=1S/C20H22N4O/c1-2-3-6-17(25)14-11-15-9-12-16(13-10-15)18-7-4-5-8-19(18)20-21-23-24-22-20/h4-5,7-10,12-13H,2-3,6,11,14H2,1H3,(H,21,22,23,24). The zero-order valence-electron chi connectivity index (χ0n) is 14.4. The Bertz CT molecular complexity index is 810. The van der Waals surface area contributed by atoms with Crippen molar-refractivity contribution in [3.8, 4) is 22.5 Å². The van der Waals surface area contributed by atoms with E-state index in [2.05, 4.69) is 57.9 Å². The van der Waals surface area contributed by atoms with Crippen LogP contribution in [0.4, 0.5) is 0 Å². The summed E-state index contributed by atoms with van der Waals surface area (Å²) in [6.45, 7) is 2.11. The van der Waals surface area contributed by atoms with Crippen LogP contribution in [0.1, 0.15) is 38.2 Å². The van der Waals surface area contributed by atoms with E-state index in [4.69, 9.17) is 0 Å². The maximum Gasteiger partial charge on any atom is 0.180 e. The molecule has 1 aromatic heterocycles. The number of nitrogens with one attached hydrogen (secondary N) is 1. The summed E-state index contributed by atoms with van der Waals surface area (Å²) >= 11 is 0. The first-order valence-corrected chi connectivity index (χ1v) is 8.72. The highest BCUT2D eigenvalue weighted by atomic mass is 16.1. The van der Waals surface area contributed by atoms with E-state index in [1.54, 1.807) is 0 Å². The van der Waals surface area contributed by atoms with Gasteiger partial charge < -0.3 is 0 Å². The van der Waals surface area contributed by atoms with Gasteiger partial charge in [0.1, 0.15) is 5.78 Å². The molecule has 0 aliphatic heterocycles. The molecule has 3 aromatic rings. The van der Waals surface area contributed by atoms with Gasteiger partial charge in [-0.1, -0.05) is 61.9 Å². The summed E-state index contributed by atoms with van der Waals surface area (Å²) in [6, 6.07) is 16.4. The Hall–Kier alpha value is -2.82. The van der Waals surface area contributed by atoms with Gasteiger partial charge in [-0.15, -0.1) is 5.10 Å². The number of rotatable bonds is 8. The molecule has 0 bridgehead atoms. The molecule has 5 nitrogen and oxygen atoms in total. The van der Waals surface area contributed by atoms with Crippen molar-refractivity contribution in [2.45, 2.75) is 39.0 Å². The van der Waals surface area contributed by atoms with Crippen LogP contribution < -0.4 is 0 Å². The molecule has 0 aliphatic carbocycles. The van der Waals surface area contributed by atoms with Gasteiger partial charge in [0.15, 0.2) is 5.82 Å². The van der Waals surface area contributed by atoms with Gasteiger partial charge in [0.25, 0.3) is 0 Å². The molecule has 0 spiro atoms. The Balaban J connectivity index is 1.72. The average Bonchev–Trinajstić information content (AvgIpc) is 3.20. The molecule has 3 rings (SSSR count). The third kappa shape index (κ3) is 4.38. The molecule has 5 heteroatoms. The number of benzene rings is 2. The van der Waals surface area contributed by atoms with E-state index in [0.717, 1.165) is 36.0 Å². The summed E-state index contributed by atoms with van der Waals surface area (Å²) in [4.78, 5) is 11.8. The molecule has 0 fully saturated rings. The minimum Gasteiger partial charge on any atom is -0.300 e. The van der Waals surface area contributed by atoms with Gasteiger partial charge in [0, 0.05) is 18.4 Å². The quantitative estimate of drug-likeness (QED) is 0.669. The van der Waals surface area contributed by atoms with Gasteiger partial charge in [-0.05, 0) is 40.0 Å². The number of aryl methyl sites for hydroxylation is 1. The minimum atomic E-state index is 0.356. The molecule has 1 N–H and O–H groups in total. The number of nitrogens with zero attached hydrogens (tertiary/aromatic N) is 3. The van der Waals surface area contributed by atoms with Crippen molar-refractivity contribution in [2.75, 3.05) is 0 Å². The predicted molar refractivity (Wildman–Crippen MR) is 97.9 cm³/mol.